The molecule has 0 aliphatic carbocycles. The molecule has 1 aromatic rings. The molecule has 1 N–H and O–H groups in total. The molecule has 0 atom stereocenters. The van der Waals surface area contributed by atoms with E-state index in [-0.39, 0.29) is 6.54 Å². The number of carbonyl (C=O) groups is 1. The molecule has 1 aromatic heterocycles. The van der Waals surface area contributed by atoms with Crippen molar-refractivity contribution in [3.63, 3.8) is 0 Å². The Bertz CT molecular complexity index is 320. The minimum atomic E-state index is -0.866. The van der Waals surface area contributed by atoms with Crippen molar-refractivity contribution in [1.29, 1.82) is 0 Å². The molecule has 0 aliphatic heterocycles. The van der Waals surface area contributed by atoms with E-state index >= 15 is 0 Å². The van der Waals surface area contributed by atoms with Crippen LogP contribution in [0.5, 0.6) is 0 Å². The Balaban J connectivity index is 2.88. The summed E-state index contributed by atoms with van der Waals surface area (Å²) in [5.74, 6) is -0.531. The van der Waals surface area contributed by atoms with Gasteiger partial charge in [0.25, 0.3) is 0 Å². The Hall–Kier alpha value is -0.590. The van der Waals surface area contributed by atoms with Gasteiger partial charge in [0.2, 0.25) is 0 Å². The van der Waals surface area contributed by atoms with Crippen molar-refractivity contribution in [2.45, 2.75) is 26.3 Å². The largest absolute Gasteiger partial charge is 0.480 e. The first-order valence-electron chi connectivity index (χ1n) is 3.95. The van der Waals surface area contributed by atoms with Crippen molar-refractivity contribution >= 4 is 28.6 Å². The van der Waals surface area contributed by atoms with Gasteiger partial charge in [-0.25, -0.2) is 0 Å². The van der Waals surface area contributed by atoms with E-state index in [9.17, 15) is 4.79 Å². The molecule has 72 valence electrons. The minimum Gasteiger partial charge on any atom is -0.480 e. The van der Waals surface area contributed by atoms with Gasteiger partial charge in [-0.15, -0.1) is 0 Å². The van der Waals surface area contributed by atoms with Crippen LogP contribution in [-0.4, -0.2) is 20.9 Å². The van der Waals surface area contributed by atoms with Gasteiger partial charge >= 0.3 is 5.97 Å². The summed E-state index contributed by atoms with van der Waals surface area (Å²) in [7, 11) is 0. The van der Waals surface area contributed by atoms with E-state index in [1.165, 1.54) is 4.68 Å². The van der Waals surface area contributed by atoms with Gasteiger partial charge in [-0.2, -0.15) is 5.10 Å². The van der Waals surface area contributed by atoms with Gasteiger partial charge in [-0.3, -0.25) is 9.48 Å². The summed E-state index contributed by atoms with van der Waals surface area (Å²) in [5.41, 5.74) is 0.960. The Morgan fingerprint density at radius 2 is 2.38 bits per heavy atom. The summed E-state index contributed by atoms with van der Waals surface area (Å²) in [4.78, 5) is 10.4. The number of rotatable bonds is 3. The molecule has 0 aromatic carbocycles. The summed E-state index contributed by atoms with van der Waals surface area (Å²) in [6, 6.07) is 0. The standard InChI is InChI=1S/C8H11IN2O2/c1-5(2)8-6(9)3-11(10-8)4-7(12)13/h3,5H,4H2,1-2H3,(H,12,13). The number of hydrogen-bond donors (Lipinski definition) is 1. The third-order valence-corrected chi connectivity index (χ3v) is 2.42. The van der Waals surface area contributed by atoms with Gasteiger partial charge in [-0.05, 0) is 28.5 Å². The molecular weight excluding hydrogens is 283 g/mol. The number of aliphatic carboxylic acids is 1. The van der Waals surface area contributed by atoms with Crippen molar-refractivity contribution in [3.05, 3.63) is 15.5 Å². The van der Waals surface area contributed by atoms with Crippen LogP contribution in [0.25, 0.3) is 0 Å². The molecule has 1 rings (SSSR count). The first-order chi connectivity index (χ1) is 6.00. The zero-order valence-corrected chi connectivity index (χ0v) is 9.65. The molecule has 13 heavy (non-hydrogen) atoms. The summed E-state index contributed by atoms with van der Waals surface area (Å²) in [6.45, 7) is 4.01. The van der Waals surface area contributed by atoms with Crippen LogP contribution in [-0.2, 0) is 11.3 Å². The highest BCUT2D eigenvalue weighted by molar-refractivity contribution is 14.1. The fraction of sp³-hybridized carbons (Fsp3) is 0.500. The van der Waals surface area contributed by atoms with Gasteiger partial charge in [0.15, 0.2) is 0 Å². The van der Waals surface area contributed by atoms with Crippen molar-refractivity contribution < 1.29 is 9.90 Å². The molecule has 0 saturated heterocycles. The molecule has 5 heteroatoms. The second kappa shape index (κ2) is 4.08. The van der Waals surface area contributed by atoms with Crippen molar-refractivity contribution in [2.24, 2.45) is 0 Å². The van der Waals surface area contributed by atoms with E-state index in [2.05, 4.69) is 27.7 Å². The summed E-state index contributed by atoms with van der Waals surface area (Å²) < 4.78 is 2.48. The van der Waals surface area contributed by atoms with Crippen molar-refractivity contribution in [3.8, 4) is 0 Å². The van der Waals surface area contributed by atoms with Crippen LogP contribution < -0.4 is 0 Å². The fourth-order valence-electron chi connectivity index (χ4n) is 1.02. The van der Waals surface area contributed by atoms with Crippen LogP contribution in [0, 0.1) is 3.57 Å². The van der Waals surface area contributed by atoms with Gasteiger partial charge < -0.3 is 5.11 Å². The molecule has 0 spiro atoms. The lowest BCUT2D eigenvalue weighted by Crippen LogP contribution is -2.09. The van der Waals surface area contributed by atoms with Gasteiger partial charge in [0, 0.05) is 6.20 Å². The summed E-state index contributed by atoms with van der Waals surface area (Å²) >= 11 is 2.17. The highest BCUT2D eigenvalue weighted by Gasteiger charge is 2.11. The molecular formula is C8H11IN2O2. The van der Waals surface area contributed by atoms with E-state index in [1.54, 1.807) is 6.20 Å². The highest BCUT2D eigenvalue weighted by atomic mass is 127. The summed E-state index contributed by atoms with van der Waals surface area (Å²) in [5, 5.41) is 12.7. The normalized spacial score (nSPS) is 10.8. The lowest BCUT2D eigenvalue weighted by Gasteiger charge is -1.99. The predicted octanol–water partition coefficient (Wildman–Crippen LogP) is 1.70. The number of nitrogens with zero attached hydrogens (tertiary/aromatic N) is 2. The first-order valence-corrected chi connectivity index (χ1v) is 5.03. The molecule has 0 amide bonds. The Morgan fingerprint density at radius 1 is 1.77 bits per heavy atom. The van der Waals surface area contributed by atoms with Crippen LogP contribution in [0.3, 0.4) is 0 Å². The van der Waals surface area contributed by atoms with Crippen LogP contribution in [0.4, 0.5) is 0 Å². The number of carboxylic acids is 1. The molecule has 1 heterocycles. The lowest BCUT2D eigenvalue weighted by atomic mass is 10.1. The lowest BCUT2D eigenvalue weighted by molar-refractivity contribution is -0.137. The smallest absolute Gasteiger partial charge is 0.325 e. The molecule has 0 radical (unpaired) electrons. The van der Waals surface area contributed by atoms with Crippen LogP contribution in [0.2, 0.25) is 0 Å². The zero-order chi connectivity index (χ0) is 10.0. The first kappa shape index (κ1) is 10.5. The average molecular weight is 294 g/mol. The van der Waals surface area contributed by atoms with Crippen molar-refractivity contribution in [1.82, 2.24) is 9.78 Å². The minimum absolute atomic E-state index is 0.0667. The molecule has 0 aliphatic rings. The van der Waals surface area contributed by atoms with Crippen LogP contribution in [0.15, 0.2) is 6.20 Å². The maximum absolute atomic E-state index is 10.4. The third kappa shape index (κ3) is 2.68. The van der Waals surface area contributed by atoms with Crippen molar-refractivity contribution in [2.75, 3.05) is 0 Å². The quantitative estimate of drug-likeness (QED) is 0.863. The average Bonchev–Trinajstić information content (AvgIpc) is 2.29. The van der Waals surface area contributed by atoms with Gasteiger partial charge in [0.1, 0.15) is 6.54 Å². The van der Waals surface area contributed by atoms with E-state index in [0.717, 1.165) is 9.26 Å². The predicted molar refractivity (Wildman–Crippen MR) is 56.7 cm³/mol. The Kier molecular flexibility index (Phi) is 3.29. The molecule has 4 nitrogen and oxygen atoms in total. The number of carboxylic acid groups (broad SMARTS) is 1. The second-order valence-electron chi connectivity index (χ2n) is 3.11. The number of hydrogen-bond acceptors (Lipinski definition) is 2. The Labute approximate surface area is 90.1 Å². The van der Waals surface area contributed by atoms with E-state index in [0.29, 0.717) is 5.92 Å². The zero-order valence-electron chi connectivity index (χ0n) is 7.49. The Morgan fingerprint density at radius 3 is 2.77 bits per heavy atom. The number of halogens is 1. The van der Waals surface area contributed by atoms with Crippen LogP contribution >= 0.6 is 22.6 Å². The van der Waals surface area contributed by atoms with E-state index < -0.39 is 5.97 Å². The monoisotopic (exact) mass is 294 g/mol. The van der Waals surface area contributed by atoms with Gasteiger partial charge in [-0.1, -0.05) is 13.8 Å². The van der Waals surface area contributed by atoms with E-state index in [1.807, 2.05) is 13.8 Å². The van der Waals surface area contributed by atoms with Gasteiger partial charge in [0.05, 0.1) is 9.26 Å². The SMILES string of the molecule is CC(C)c1nn(CC(=O)O)cc1I. The fourth-order valence-corrected chi connectivity index (χ4v) is 2.08. The molecule has 0 saturated carbocycles. The highest BCUT2D eigenvalue weighted by Crippen LogP contribution is 2.18. The summed E-state index contributed by atoms with van der Waals surface area (Å²) in [6.07, 6.45) is 1.75. The second-order valence-corrected chi connectivity index (χ2v) is 4.27. The van der Waals surface area contributed by atoms with Crippen LogP contribution in [0.1, 0.15) is 25.5 Å². The molecule has 0 fully saturated rings. The number of aromatic nitrogens is 2. The third-order valence-electron chi connectivity index (χ3n) is 1.59. The molecule has 0 unspecified atom stereocenters. The topological polar surface area (TPSA) is 55.1 Å². The maximum atomic E-state index is 10.4. The maximum Gasteiger partial charge on any atom is 0.325 e. The molecule has 0 bridgehead atoms. The van der Waals surface area contributed by atoms with E-state index in [4.69, 9.17) is 5.11 Å².